The molecule has 1 heterocycles. The van der Waals surface area contributed by atoms with Crippen molar-refractivity contribution in [2.45, 2.75) is 44.1 Å². The lowest BCUT2D eigenvalue weighted by Crippen LogP contribution is -2.37. The Morgan fingerprint density at radius 3 is 2.62 bits per heavy atom. The van der Waals surface area contributed by atoms with Crippen LogP contribution < -0.4 is 0 Å². The van der Waals surface area contributed by atoms with E-state index in [1.54, 1.807) is 20.8 Å². The Morgan fingerprint density at radius 2 is 2.10 bits per heavy atom. The molecule has 0 N–H and O–H groups in total. The van der Waals surface area contributed by atoms with E-state index in [0.717, 1.165) is 11.8 Å². The minimum atomic E-state index is -0.570. The fourth-order valence-electron chi connectivity index (χ4n) is 1.87. The zero-order valence-electron chi connectivity index (χ0n) is 12.5. The highest BCUT2D eigenvalue weighted by Gasteiger charge is 2.38. The van der Waals surface area contributed by atoms with Gasteiger partial charge in [-0.15, -0.1) is 0 Å². The van der Waals surface area contributed by atoms with Crippen molar-refractivity contribution in [3.05, 3.63) is 12.7 Å². The lowest BCUT2D eigenvalue weighted by molar-refractivity contribution is -0.111. The van der Waals surface area contributed by atoms with E-state index >= 15 is 0 Å². The van der Waals surface area contributed by atoms with E-state index in [-0.39, 0.29) is 18.4 Å². The minimum Gasteiger partial charge on any atom is -0.452 e. The van der Waals surface area contributed by atoms with Gasteiger partial charge in [0.05, 0.1) is 6.04 Å². The van der Waals surface area contributed by atoms with Crippen molar-refractivity contribution in [2.24, 2.45) is 0 Å². The zero-order chi connectivity index (χ0) is 16.0. The molecule has 21 heavy (non-hydrogen) atoms. The van der Waals surface area contributed by atoms with Crippen LogP contribution in [-0.4, -0.2) is 52.6 Å². The van der Waals surface area contributed by atoms with Crippen LogP contribution in [0, 0.1) is 0 Å². The van der Waals surface area contributed by atoms with Crippen LogP contribution in [0.2, 0.25) is 0 Å². The second-order valence-electron chi connectivity index (χ2n) is 5.66. The molecule has 1 rings (SSSR count). The van der Waals surface area contributed by atoms with Crippen molar-refractivity contribution in [3.8, 4) is 0 Å². The first-order valence-corrected chi connectivity index (χ1v) is 7.54. The van der Waals surface area contributed by atoms with Gasteiger partial charge in [0.2, 0.25) is 0 Å². The van der Waals surface area contributed by atoms with Crippen molar-refractivity contribution in [1.29, 1.82) is 0 Å². The Morgan fingerprint density at radius 1 is 1.43 bits per heavy atom. The first-order valence-electron chi connectivity index (χ1n) is 6.66. The first kappa shape index (κ1) is 17.6. The smallest absolute Gasteiger partial charge is 0.410 e. The van der Waals surface area contributed by atoms with E-state index in [2.05, 4.69) is 6.58 Å². The van der Waals surface area contributed by atoms with Crippen LogP contribution in [0.5, 0.6) is 0 Å². The second-order valence-corrected chi connectivity index (χ2v) is 6.90. The minimum absolute atomic E-state index is 0.0881. The molecule has 0 spiro atoms. The normalized spacial score (nSPS) is 21.8. The fourth-order valence-corrected chi connectivity index (χ4v) is 2.97. The number of rotatable bonds is 4. The van der Waals surface area contributed by atoms with Crippen molar-refractivity contribution >= 4 is 29.4 Å². The SMILES string of the molecule is C=CCOC(=O)N1CC(SC(=O)OC(C)(C)C)C[C@H]1C=O. The van der Waals surface area contributed by atoms with Gasteiger partial charge in [0.1, 0.15) is 18.5 Å². The van der Waals surface area contributed by atoms with Gasteiger partial charge in [0.15, 0.2) is 0 Å². The van der Waals surface area contributed by atoms with E-state index in [1.807, 2.05) is 0 Å². The lowest BCUT2D eigenvalue weighted by Gasteiger charge is -2.20. The summed E-state index contributed by atoms with van der Waals surface area (Å²) in [4.78, 5) is 36.0. The number of likely N-dealkylation sites (tertiary alicyclic amines) is 1. The van der Waals surface area contributed by atoms with Crippen LogP contribution in [0.15, 0.2) is 12.7 Å². The molecule has 1 unspecified atom stereocenters. The number of thioether (sulfide) groups is 1. The van der Waals surface area contributed by atoms with Crippen LogP contribution in [0.1, 0.15) is 27.2 Å². The van der Waals surface area contributed by atoms with Crippen molar-refractivity contribution in [2.75, 3.05) is 13.2 Å². The summed E-state index contributed by atoms with van der Waals surface area (Å²) in [6, 6.07) is -0.567. The van der Waals surface area contributed by atoms with E-state index < -0.39 is 23.0 Å². The van der Waals surface area contributed by atoms with E-state index in [4.69, 9.17) is 9.47 Å². The topological polar surface area (TPSA) is 72.9 Å². The summed E-state index contributed by atoms with van der Waals surface area (Å²) in [7, 11) is 0. The van der Waals surface area contributed by atoms with Gasteiger partial charge in [-0.05, 0) is 39.0 Å². The summed E-state index contributed by atoms with van der Waals surface area (Å²) in [6.45, 7) is 9.18. The van der Waals surface area contributed by atoms with Gasteiger partial charge < -0.3 is 14.3 Å². The lowest BCUT2D eigenvalue weighted by atomic mass is 10.2. The van der Waals surface area contributed by atoms with Crippen LogP contribution in [0.4, 0.5) is 9.59 Å². The zero-order valence-corrected chi connectivity index (χ0v) is 13.4. The van der Waals surface area contributed by atoms with E-state index in [1.165, 1.54) is 11.0 Å². The number of ether oxygens (including phenoxy) is 2. The van der Waals surface area contributed by atoms with Crippen molar-refractivity contribution in [3.63, 3.8) is 0 Å². The number of aldehydes is 1. The Labute approximate surface area is 128 Å². The molecule has 1 aliphatic rings. The third kappa shape index (κ3) is 5.79. The second kappa shape index (κ2) is 7.49. The summed E-state index contributed by atoms with van der Waals surface area (Å²) in [5, 5.41) is -0.579. The molecule has 1 amide bonds. The van der Waals surface area contributed by atoms with Crippen LogP contribution in [-0.2, 0) is 14.3 Å². The maximum atomic E-state index is 11.8. The average Bonchev–Trinajstić information content (AvgIpc) is 2.76. The molecule has 0 aromatic carbocycles. The van der Waals surface area contributed by atoms with Gasteiger partial charge in [-0.25, -0.2) is 9.59 Å². The molecular formula is C14H21NO5S. The van der Waals surface area contributed by atoms with Gasteiger partial charge in [0.25, 0.3) is 0 Å². The molecule has 1 saturated heterocycles. The van der Waals surface area contributed by atoms with Gasteiger partial charge in [0, 0.05) is 11.8 Å². The van der Waals surface area contributed by atoms with Crippen molar-refractivity contribution < 1.29 is 23.9 Å². The molecule has 0 aliphatic carbocycles. The molecule has 0 bridgehead atoms. The monoisotopic (exact) mass is 315 g/mol. The molecule has 1 fully saturated rings. The summed E-state index contributed by atoms with van der Waals surface area (Å²) in [5.74, 6) is 0. The standard InChI is InChI=1S/C14H21NO5S/c1-5-6-19-12(17)15-8-11(7-10(15)9-16)21-13(18)20-14(2,3)4/h5,9-11H,1,6-8H2,2-4H3/t10-,11?/m0/s1. The molecule has 0 aromatic heterocycles. The number of nitrogens with zero attached hydrogens (tertiary/aromatic N) is 1. The molecule has 0 aromatic rings. The Bertz CT molecular complexity index is 418. The molecule has 0 saturated carbocycles. The molecular weight excluding hydrogens is 294 g/mol. The maximum Gasteiger partial charge on any atom is 0.410 e. The summed E-state index contributed by atoms with van der Waals surface area (Å²) in [6.07, 6.45) is 2.00. The highest BCUT2D eigenvalue weighted by molar-refractivity contribution is 8.13. The summed E-state index contributed by atoms with van der Waals surface area (Å²) < 4.78 is 10.1. The Hall–Kier alpha value is -1.50. The number of hydrogen-bond donors (Lipinski definition) is 0. The summed E-state index contributed by atoms with van der Waals surface area (Å²) in [5.41, 5.74) is -0.560. The molecule has 0 radical (unpaired) electrons. The predicted octanol–water partition coefficient (Wildman–Crippen LogP) is 2.62. The summed E-state index contributed by atoms with van der Waals surface area (Å²) >= 11 is 1.01. The fraction of sp³-hybridized carbons (Fsp3) is 0.643. The highest BCUT2D eigenvalue weighted by atomic mass is 32.2. The Kier molecular flexibility index (Phi) is 6.26. The van der Waals surface area contributed by atoms with Crippen molar-refractivity contribution in [1.82, 2.24) is 4.90 Å². The molecule has 2 atom stereocenters. The van der Waals surface area contributed by atoms with Gasteiger partial charge >= 0.3 is 11.4 Å². The number of hydrogen-bond acceptors (Lipinski definition) is 6. The van der Waals surface area contributed by atoms with E-state index in [9.17, 15) is 14.4 Å². The third-order valence-corrected chi connectivity index (χ3v) is 3.62. The number of carbonyl (C=O) groups excluding carboxylic acids is 3. The van der Waals surface area contributed by atoms with Crippen LogP contribution in [0.3, 0.4) is 0 Å². The van der Waals surface area contributed by atoms with Crippen LogP contribution in [0.25, 0.3) is 0 Å². The highest BCUT2D eigenvalue weighted by Crippen LogP contribution is 2.29. The van der Waals surface area contributed by atoms with Crippen LogP contribution >= 0.6 is 11.8 Å². The largest absolute Gasteiger partial charge is 0.452 e. The molecule has 1 aliphatic heterocycles. The quantitative estimate of drug-likeness (QED) is 0.451. The number of carbonyl (C=O) groups is 3. The maximum absolute atomic E-state index is 11.8. The molecule has 118 valence electrons. The van der Waals surface area contributed by atoms with Gasteiger partial charge in [-0.1, -0.05) is 12.7 Å². The molecule has 6 nitrogen and oxygen atoms in total. The Balaban J connectivity index is 2.56. The number of amides is 1. The molecule has 7 heteroatoms. The van der Waals surface area contributed by atoms with E-state index in [0.29, 0.717) is 12.7 Å². The predicted molar refractivity (Wildman–Crippen MR) is 80.3 cm³/mol. The first-order chi connectivity index (χ1) is 9.76. The van der Waals surface area contributed by atoms with Gasteiger partial charge in [-0.2, -0.15) is 0 Å². The van der Waals surface area contributed by atoms with Gasteiger partial charge in [-0.3, -0.25) is 4.90 Å². The average molecular weight is 315 g/mol. The third-order valence-electron chi connectivity index (χ3n) is 2.67.